The lowest BCUT2D eigenvalue weighted by atomic mass is 9.99. The van der Waals surface area contributed by atoms with E-state index in [2.05, 4.69) is 14.9 Å². The number of hydrogen-bond donors (Lipinski definition) is 1. The highest BCUT2D eigenvalue weighted by Crippen LogP contribution is 2.29. The van der Waals surface area contributed by atoms with Crippen LogP contribution in [0.1, 0.15) is 12.8 Å². The van der Waals surface area contributed by atoms with Gasteiger partial charge in [-0.25, -0.2) is 18.4 Å². The Labute approximate surface area is 129 Å². The average molecular weight is 321 g/mol. The maximum Gasteiger partial charge on any atom is 0.175 e. The lowest BCUT2D eigenvalue weighted by Gasteiger charge is -2.33. The van der Waals surface area contributed by atoms with E-state index < -0.39 is 9.84 Å². The first-order chi connectivity index (χ1) is 10.5. The maximum atomic E-state index is 11.8. The number of rotatable bonds is 3. The highest BCUT2D eigenvalue weighted by Gasteiger charge is 2.22. The van der Waals surface area contributed by atoms with E-state index in [-0.39, 0.29) is 17.4 Å². The van der Waals surface area contributed by atoms with Crippen molar-refractivity contribution in [3.63, 3.8) is 0 Å². The number of aliphatic hydroxyl groups is 1. The first-order valence-electron chi connectivity index (χ1n) is 7.29. The number of hydrogen-bond acceptors (Lipinski definition) is 6. The van der Waals surface area contributed by atoms with Crippen LogP contribution in [0.5, 0.6) is 0 Å². The zero-order valence-corrected chi connectivity index (χ0v) is 13.3. The minimum Gasteiger partial charge on any atom is -0.396 e. The first-order valence-corrected chi connectivity index (χ1v) is 9.19. The third kappa shape index (κ3) is 2.91. The summed E-state index contributed by atoms with van der Waals surface area (Å²) in [6.07, 6.45) is 4.69. The quantitative estimate of drug-likeness (QED) is 0.916. The van der Waals surface area contributed by atoms with Gasteiger partial charge in [-0.05, 0) is 37.0 Å². The number of aromatic nitrogens is 2. The minimum absolute atomic E-state index is 0.161. The second-order valence-corrected chi connectivity index (χ2v) is 7.80. The van der Waals surface area contributed by atoms with Gasteiger partial charge in [0.1, 0.15) is 12.1 Å². The Morgan fingerprint density at radius 1 is 1.36 bits per heavy atom. The number of benzene rings is 1. The molecule has 2 aromatic rings. The molecule has 1 aliphatic heterocycles. The summed E-state index contributed by atoms with van der Waals surface area (Å²) in [6.45, 7) is 1.74. The van der Waals surface area contributed by atoms with Gasteiger partial charge in [0.2, 0.25) is 0 Å². The van der Waals surface area contributed by atoms with Crippen molar-refractivity contribution >= 4 is 26.6 Å². The van der Waals surface area contributed by atoms with E-state index in [1.807, 2.05) is 0 Å². The zero-order chi connectivity index (χ0) is 15.7. The van der Waals surface area contributed by atoms with Gasteiger partial charge in [0.15, 0.2) is 9.84 Å². The van der Waals surface area contributed by atoms with Gasteiger partial charge in [-0.15, -0.1) is 0 Å². The molecule has 0 saturated carbocycles. The van der Waals surface area contributed by atoms with Gasteiger partial charge in [-0.1, -0.05) is 0 Å². The van der Waals surface area contributed by atoms with E-state index in [9.17, 15) is 13.5 Å². The molecule has 1 saturated heterocycles. The molecule has 6 nitrogen and oxygen atoms in total. The Morgan fingerprint density at radius 3 is 2.91 bits per heavy atom. The minimum atomic E-state index is -3.27. The van der Waals surface area contributed by atoms with E-state index >= 15 is 0 Å². The Hall–Kier alpha value is -1.73. The van der Waals surface area contributed by atoms with Crippen LogP contribution in [0.15, 0.2) is 29.4 Å². The van der Waals surface area contributed by atoms with Gasteiger partial charge in [-0.2, -0.15) is 0 Å². The smallest absolute Gasteiger partial charge is 0.175 e. The van der Waals surface area contributed by atoms with Crippen molar-refractivity contribution in [2.24, 2.45) is 5.92 Å². The summed E-state index contributed by atoms with van der Waals surface area (Å²) >= 11 is 0. The molecule has 2 heterocycles. The third-order valence-corrected chi connectivity index (χ3v) is 5.20. The summed E-state index contributed by atoms with van der Waals surface area (Å²) in [5.74, 6) is 0.977. The first kappa shape index (κ1) is 15.2. The summed E-state index contributed by atoms with van der Waals surface area (Å²) in [4.78, 5) is 11.0. The van der Waals surface area contributed by atoms with Crippen LogP contribution in [0.2, 0.25) is 0 Å². The number of anilines is 1. The molecule has 1 atom stereocenters. The standard InChI is InChI=1S/C15H19N3O3S/c1-22(20,21)12-4-5-14-13(7-12)15(17-10-16-14)18-6-2-3-11(8-18)9-19/h4-5,7,10-11,19H,2-3,6,8-9H2,1H3. The number of nitrogens with zero attached hydrogens (tertiary/aromatic N) is 3. The molecule has 0 bridgehead atoms. The molecule has 7 heteroatoms. The number of fused-ring (bicyclic) bond motifs is 1. The van der Waals surface area contributed by atoms with Crippen LogP contribution >= 0.6 is 0 Å². The average Bonchev–Trinajstić information content (AvgIpc) is 2.53. The van der Waals surface area contributed by atoms with Gasteiger partial charge in [0.25, 0.3) is 0 Å². The number of sulfone groups is 1. The molecule has 0 amide bonds. The van der Waals surface area contributed by atoms with Crippen LogP contribution in [0.25, 0.3) is 10.9 Å². The summed E-state index contributed by atoms with van der Waals surface area (Å²) in [5, 5.41) is 10.1. The fraction of sp³-hybridized carbons (Fsp3) is 0.467. The Balaban J connectivity index is 2.09. The van der Waals surface area contributed by atoms with Gasteiger partial charge >= 0.3 is 0 Å². The lowest BCUT2D eigenvalue weighted by Crippen LogP contribution is -2.37. The molecule has 3 rings (SSSR count). The molecule has 1 fully saturated rings. The van der Waals surface area contributed by atoms with E-state index in [4.69, 9.17) is 0 Å². The van der Waals surface area contributed by atoms with Crippen molar-refractivity contribution < 1.29 is 13.5 Å². The summed E-state index contributed by atoms with van der Waals surface area (Å²) in [5.41, 5.74) is 0.725. The molecule has 22 heavy (non-hydrogen) atoms. The van der Waals surface area contributed by atoms with Gasteiger partial charge in [-0.3, -0.25) is 0 Å². The van der Waals surface area contributed by atoms with Crippen LogP contribution in [-0.4, -0.2) is 49.4 Å². The van der Waals surface area contributed by atoms with Crippen molar-refractivity contribution in [3.8, 4) is 0 Å². The van der Waals surface area contributed by atoms with E-state index in [0.29, 0.717) is 0 Å². The highest BCUT2D eigenvalue weighted by molar-refractivity contribution is 7.90. The fourth-order valence-electron chi connectivity index (χ4n) is 2.91. The molecule has 1 N–H and O–H groups in total. The predicted octanol–water partition coefficient (Wildman–Crippen LogP) is 1.24. The molecule has 0 spiro atoms. The summed E-state index contributed by atoms with van der Waals surface area (Å²) in [6, 6.07) is 4.92. The van der Waals surface area contributed by atoms with E-state index in [1.54, 1.807) is 18.2 Å². The molecular formula is C15H19N3O3S. The molecule has 1 aromatic heterocycles. The Bertz CT molecular complexity index is 792. The van der Waals surface area contributed by atoms with Crippen LogP contribution < -0.4 is 4.90 Å². The fourth-order valence-corrected chi connectivity index (χ4v) is 3.56. The predicted molar refractivity (Wildman–Crippen MR) is 84.7 cm³/mol. The van der Waals surface area contributed by atoms with E-state index in [1.165, 1.54) is 12.6 Å². The molecule has 118 valence electrons. The monoisotopic (exact) mass is 321 g/mol. The molecule has 1 unspecified atom stereocenters. The molecule has 1 aliphatic rings. The van der Waals surface area contributed by atoms with Crippen molar-refractivity contribution in [2.45, 2.75) is 17.7 Å². The second-order valence-electron chi connectivity index (χ2n) is 5.79. The Morgan fingerprint density at radius 2 is 2.18 bits per heavy atom. The highest BCUT2D eigenvalue weighted by atomic mass is 32.2. The Kier molecular flexibility index (Phi) is 4.01. The third-order valence-electron chi connectivity index (χ3n) is 4.09. The topological polar surface area (TPSA) is 83.4 Å². The maximum absolute atomic E-state index is 11.8. The van der Waals surface area contributed by atoms with E-state index in [0.717, 1.165) is 42.7 Å². The van der Waals surface area contributed by atoms with Crippen molar-refractivity contribution in [3.05, 3.63) is 24.5 Å². The van der Waals surface area contributed by atoms with Crippen LogP contribution in [0, 0.1) is 5.92 Å². The van der Waals surface area contributed by atoms with Crippen molar-refractivity contribution in [2.75, 3.05) is 30.9 Å². The lowest BCUT2D eigenvalue weighted by molar-refractivity contribution is 0.208. The van der Waals surface area contributed by atoms with Gasteiger partial charge in [0.05, 0.1) is 10.4 Å². The molecular weight excluding hydrogens is 302 g/mol. The normalized spacial score (nSPS) is 19.5. The second kappa shape index (κ2) is 5.81. The largest absolute Gasteiger partial charge is 0.396 e. The van der Waals surface area contributed by atoms with Crippen LogP contribution in [-0.2, 0) is 9.84 Å². The summed E-state index contributed by atoms with van der Waals surface area (Å²) in [7, 11) is -3.27. The molecule has 0 radical (unpaired) electrons. The van der Waals surface area contributed by atoms with Crippen LogP contribution in [0.4, 0.5) is 5.82 Å². The van der Waals surface area contributed by atoms with Crippen molar-refractivity contribution in [1.29, 1.82) is 0 Å². The van der Waals surface area contributed by atoms with Gasteiger partial charge < -0.3 is 10.0 Å². The number of piperidine rings is 1. The summed E-state index contributed by atoms with van der Waals surface area (Å²) < 4.78 is 23.6. The van der Waals surface area contributed by atoms with Crippen molar-refractivity contribution in [1.82, 2.24) is 9.97 Å². The van der Waals surface area contributed by atoms with Gasteiger partial charge in [0, 0.05) is 31.3 Å². The molecule has 1 aromatic carbocycles. The SMILES string of the molecule is CS(=O)(=O)c1ccc2ncnc(N3CCCC(CO)C3)c2c1. The molecule has 0 aliphatic carbocycles. The van der Waals surface area contributed by atoms with Crippen LogP contribution in [0.3, 0.4) is 0 Å². The zero-order valence-electron chi connectivity index (χ0n) is 12.4. The number of aliphatic hydroxyl groups excluding tert-OH is 1.